The fraction of sp³-hybridized carbons (Fsp3) is 0.235. The first-order valence-electron chi connectivity index (χ1n) is 6.24. The van der Waals surface area contributed by atoms with Crippen molar-refractivity contribution >= 4 is 0 Å². The number of hydrogen-bond donors (Lipinski definition) is 0. The standard InChI is InChI=1S/C17H19/c1-3-14-17(2,15-10-6-4-7-11-15)16-12-8-5-9-13-16/h4-13H,2-3,14H2,1H3. The summed E-state index contributed by atoms with van der Waals surface area (Å²) < 4.78 is 0. The molecule has 0 nitrogen and oxygen atoms in total. The summed E-state index contributed by atoms with van der Waals surface area (Å²) in [4.78, 5) is 0. The molecule has 87 valence electrons. The van der Waals surface area contributed by atoms with Crippen LogP contribution < -0.4 is 0 Å². The van der Waals surface area contributed by atoms with Crippen LogP contribution in [0.4, 0.5) is 0 Å². The van der Waals surface area contributed by atoms with E-state index in [4.69, 9.17) is 0 Å². The van der Waals surface area contributed by atoms with Gasteiger partial charge in [-0.3, -0.25) is 0 Å². The Bertz CT molecular complexity index is 402. The molecular formula is C17H19. The smallest absolute Gasteiger partial charge is 0.0203 e. The van der Waals surface area contributed by atoms with E-state index in [0.29, 0.717) is 0 Å². The van der Waals surface area contributed by atoms with Crippen molar-refractivity contribution in [3.05, 3.63) is 78.7 Å². The molecule has 0 fully saturated rings. The highest BCUT2D eigenvalue weighted by Crippen LogP contribution is 2.35. The molecule has 0 saturated carbocycles. The molecule has 0 bridgehead atoms. The molecule has 0 aromatic heterocycles. The first-order chi connectivity index (χ1) is 8.27. The summed E-state index contributed by atoms with van der Waals surface area (Å²) in [5.41, 5.74) is 2.48. The number of hydrogen-bond acceptors (Lipinski definition) is 0. The van der Waals surface area contributed by atoms with Gasteiger partial charge in [0.2, 0.25) is 0 Å². The van der Waals surface area contributed by atoms with Crippen molar-refractivity contribution in [2.45, 2.75) is 25.2 Å². The lowest BCUT2D eigenvalue weighted by Gasteiger charge is -2.30. The van der Waals surface area contributed by atoms with Crippen molar-refractivity contribution in [2.24, 2.45) is 0 Å². The summed E-state index contributed by atoms with van der Waals surface area (Å²) in [6.07, 6.45) is 2.20. The summed E-state index contributed by atoms with van der Waals surface area (Å²) in [5.74, 6) is 0. The Hall–Kier alpha value is -1.56. The minimum Gasteiger partial charge on any atom is -0.0653 e. The lowest BCUT2D eigenvalue weighted by Crippen LogP contribution is -2.23. The second-order valence-electron chi connectivity index (χ2n) is 4.56. The van der Waals surface area contributed by atoms with Gasteiger partial charge in [0.05, 0.1) is 0 Å². The van der Waals surface area contributed by atoms with E-state index >= 15 is 0 Å². The van der Waals surface area contributed by atoms with Crippen molar-refractivity contribution < 1.29 is 0 Å². The van der Waals surface area contributed by atoms with Crippen LogP contribution in [0.2, 0.25) is 0 Å². The lowest BCUT2D eigenvalue weighted by molar-refractivity contribution is 0.565. The Labute approximate surface area is 104 Å². The molecule has 0 N–H and O–H groups in total. The second kappa shape index (κ2) is 5.18. The van der Waals surface area contributed by atoms with Crippen LogP contribution in [0.15, 0.2) is 60.7 Å². The van der Waals surface area contributed by atoms with Crippen LogP contribution in [0.5, 0.6) is 0 Å². The van der Waals surface area contributed by atoms with Crippen LogP contribution >= 0.6 is 0 Å². The van der Waals surface area contributed by atoms with Gasteiger partial charge in [0, 0.05) is 5.41 Å². The molecule has 0 amide bonds. The van der Waals surface area contributed by atoms with Gasteiger partial charge in [-0.2, -0.15) is 0 Å². The van der Waals surface area contributed by atoms with Gasteiger partial charge in [-0.05, 0) is 24.5 Å². The first-order valence-corrected chi connectivity index (χ1v) is 6.24. The van der Waals surface area contributed by atoms with Gasteiger partial charge in [0.25, 0.3) is 0 Å². The van der Waals surface area contributed by atoms with Gasteiger partial charge < -0.3 is 0 Å². The molecule has 0 aliphatic rings. The Morgan fingerprint density at radius 2 is 1.24 bits per heavy atom. The molecule has 0 aliphatic heterocycles. The largest absolute Gasteiger partial charge is 0.0653 e. The zero-order valence-corrected chi connectivity index (χ0v) is 10.4. The summed E-state index contributed by atoms with van der Waals surface area (Å²) in [6.45, 7) is 6.71. The van der Waals surface area contributed by atoms with E-state index in [-0.39, 0.29) is 5.41 Å². The van der Waals surface area contributed by atoms with Gasteiger partial charge in [0.15, 0.2) is 0 Å². The van der Waals surface area contributed by atoms with E-state index in [1.165, 1.54) is 11.1 Å². The van der Waals surface area contributed by atoms with Crippen LogP contribution in [0.3, 0.4) is 0 Å². The molecule has 2 aromatic rings. The molecule has 0 heteroatoms. The number of rotatable bonds is 4. The third-order valence-corrected chi connectivity index (χ3v) is 3.33. The van der Waals surface area contributed by atoms with Crippen LogP contribution in [-0.4, -0.2) is 0 Å². The maximum absolute atomic E-state index is 4.50. The molecule has 1 radical (unpaired) electrons. The van der Waals surface area contributed by atoms with E-state index < -0.39 is 0 Å². The van der Waals surface area contributed by atoms with Gasteiger partial charge in [-0.15, -0.1) is 0 Å². The Kier molecular flexibility index (Phi) is 3.63. The molecule has 17 heavy (non-hydrogen) atoms. The average Bonchev–Trinajstić information content (AvgIpc) is 2.41. The van der Waals surface area contributed by atoms with E-state index in [1.807, 2.05) is 0 Å². The fourth-order valence-corrected chi connectivity index (χ4v) is 2.40. The second-order valence-corrected chi connectivity index (χ2v) is 4.56. The molecule has 0 heterocycles. The highest BCUT2D eigenvalue weighted by molar-refractivity contribution is 5.40. The predicted octanol–water partition coefficient (Wildman–Crippen LogP) is 4.61. The molecular weight excluding hydrogens is 204 g/mol. The van der Waals surface area contributed by atoms with E-state index in [9.17, 15) is 0 Å². The molecule has 2 rings (SSSR count). The van der Waals surface area contributed by atoms with Crippen molar-refractivity contribution in [3.63, 3.8) is 0 Å². The van der Waals surface area contributed by atoms with Gasteiger partial charge >= 0.3 is 0 Å². The normalized spacial score (nSPS) is 11.4. The zero-order chi connectivity index (χ0) is 12.1. The molecule has 0 aliphatic carbocycles. The summed E-state index contributed by atoms with van der Waals surface area (Å²) >= 11 is 0. The van der Waals surface area contributed by atoms with Crippen molar-refractivity contribution in [1.82, 2.24) is 0 Å². The molecule has 0 saturated heterocycles. The summed E-state index contributed by atoms with van der Waals surface area (Å²) in [5, 5.41) is 0. The zero-order valence-electron chi connectivity index (χ0n) is 10.4. The minimum absolute atomic E-state index is 0.114. The highest BCUT2D eigenvalue weighted by Gasteiger charge is 2.27. The van der Waals surface area contributed by atoms with E-state index in [0.717, 1.165) is 12.8 Å². The Balaban J connectivity index is 2.47. The third-order valence-electron chi connectivity index (χ3n) is 3.33. The van der Waals surface area contributed by atoms with Crippen LogP contribution in [0.1, 0.15) is 30.9 Å². The Morgan fingerprint density at radius 1 is 0.824 bits per heavy atom. The lowest BCUT2D eigenvalue weighted by atomic mass is 9.73. The maximum atomic E-state index is 4.50. The quantitative estimate of drug-likeness (QED) is 0.710. The summed E-state index contributed by atoms with van der Waals surface area (Å²) in [7, 11) is 0. The average molecular weight is 223 g/mol. The van der Waals surface area contributed by atoms with Crippen molar-refractivity contribution in [3.8, 4) is 0 Å². The van der Waals surface area contributed by atoms with Gasteiger partial charge in [0.1, 0.15) is 0 Å². The maximum Gasteiger partial charge on any atom is 0.0203 e. The van der Waals surface area contributed by atoms with Gasteiger partial charge in [-0.25, -0.2) is 0 Å². The Morgan fingerprint density at radius 3 is 1.59 bits per heavy atom. The third kappa shape index (κ3) is 2.41. The van der Waals surface area contributed by atoms with Crippen molar-refractivity contribution in [1.29, 1.82) is 0 Å². The first kappa shape index (κ1) is 11.9. The van der Waals surface area contributed by atoms with Gasteiger partial charge in [-0.1, -0.05) is 74.0 Å². The molecule has 0 unspecified atom stereocenters. The SMILES string of the molecule is [CH2]C(CCC)(c1ccccc1)c1ccccc1. The van der Waals surface area contributed by atoms with Crippen LogP contribution in [0, 0.1) is 6.92 Å². The monoisotopic (exact) mass is 223 g/mol. The molecule has 2 aromatic carbocycles. The fourth-order valence-electron chi connectivity index (χ4n) is 2.40. The van der Waals surface area contributed by atoms with E-state index in [1.54, 1.807) is 0 Å². The summed E-state index contributed by atoms with van der Waals surface area (Å²) in [6, 6.07) is 21.2. The minimum atomic E-state index is -0.114. The van der Waals surface area contributed by atoms with Crippen LogP contribution in [0.25, 0.3) is 0 Å². The van der Waals surface area contributed by atoms with Crippen molar-refractivity contribution in [2.75, 3.05) is 0 Å². The molecule has 0 spiro atoms. The highest BCUT2D eigenvalue weighted by atomic mass is 14.3. The molecule has 0 atom stereocenters. The van der Waals surface area contributed by atoms with Crippen LogP contribution in [-0.2, 0) is 5.41 Å². The predicted molar refractivity (Wildman–Crippen MR) is 73.9 cm³/mol. The van der Waals surface area contributed by atoms with E-state index in [2.05, 4.69) is 74.5 Å². The number of benzene rings is 2. The topological polar surface area (TPSA) is 0 Å².